The number of halogens is 3. The number of aromatic amines is 1. The minimum atomic E-state index is -0.987. The van der Waals surface area contributed by atoms with Crippen molar-refractivity contribution >= 4 is 11.6 Å². The first kappa shape index (κ1) is 23.0. The molecule has 0 aliphatic carbocycles. The first-order valence-corrected chi connectivity index (χ1v) is 10.9. The average Bonchev–Trinajstić information content (AvgIpc) is 3.27. The fraction of sp³-hybridized carbons (Fsp3) is 0.240. The third-order valence-corrected chi connectivity index (χ3v) is 5.40. The number of aromatic nitrogens is 4. The topological polar surface area (TPSA) is 85.0 Å². The molecule has 4 aromatic rings. The van der Waals surface area contributed by atoms with Crippen LogP contribution >= 0.6 is 0 Å². The van der Waals surface area contributed by atoms with Crippen LogP contribution < -0.4 is 5.32 Å². The Bertz CT molecular complexity index is 1350. The summed E-state index contributed by atoms with van der Waals surface area (Å²) in [5.74, 6) is -1.69. The molecule has 2 aromatic heterocycles. The van der Waals surface area contributed by atoms with Crippen LogP contribution in [0.2, 0.25) is 0 Å². The summed E-state index contributed by atoms with van der Waals surface area (Å²) in [6.07, 6.45) is 0.827. The molecule has 180 valence electrons. The second-order valence-electron chi connectivity index (χ2n) is 8.99. The first-order chi connectivity index (χ1) is 16.8. The van der Waals surface area contributed by atoms with E-state index in [9.17, 15) is 13.2 Å². The van der Waals surface area contributed by atoms with Gasteiger partial charge in [0.25, 0.3) is 0 Å². The summed E-state index contributed by atoms with van der Waals surface area (Å²) < 4.78 is 52.2. The maximum Gasteiger partial charge on any atom is 0.227 e. The van der Waals surface area contributed by atoms with Gasteiger partial charge in [-0.15, -0.1) is 0 Å². The van der Waals surface area contributed by atoms with Crippen molar-refractivity contribution in [1.82, 2.24) is 19.9 Å². The molecule has 0 spiro atoms. The van der Waals surface area contributed by atoms with E-state index in [1.807, 2.05) is 13.8 Å². The SMILES string of the molecule is CC1(C)COC(c2nc(-c3ccc(F)cc3)c(-c3ccnc(Nc4ccc(F)c(F)c4)n3)[nH]2)OC1. The smallest absolute Gasteiger partial charge is 0.227 e. The number of hydrogen-bond donors (Lipinski definition) is 2. The molecule has 1 aliphatic rings. The van der Waals surface area contributed by atoms with Gasteiger partial charge in [0.05, 0.1) is 30.3 Å². The van der Waals surface area contributed by atoms with Gasteiger partial charge in [0.2, 0.25) is 12.2 Å². The summed E-state index contributed by atoms with van der Waals surface area (Å²) in [6, 6.07) is 11.0. The second kappa shape index (κ2) is 9.12. The highest BCUT2D eigenvalue weighted by Gasteiger charge is 2.32. The van der Waals surface area contributed by atoms with E-state index in [0.29, 0.717) is 41.7 Å². The highest BCUT2D eigenvalue weighted by atomic mass is 19.2. The van der Waals surface area contributed by atoms with Crippen molar-refractivity contribution in [2.24, 2.45) is 5.41 Å². The molecule has 2 N–H and O–H groups in total. The molecule has 2 aromatic carbocycles. The van der Waals surface area contributed by atoms with Gasteiger partial charge in [0, 0.05) is 28.9 Å². The summed E-state index contributed by atoms with van der Waals surface area (Å²) in [5, 5.41) is 2.87. The Labute approximate surface area is 199 Å². The van der Waals surface area contributed by atoms with Crippen LogP contribution in [-0.2, 0) is 9.47 Å². The molecule has 1 aliphatic heterocycles. The highest BCUT2D eigenvalue weighted by Crippen LogP contribution is 2.35. The van der Waals surface area contributed by atoms with Crippen LogP contribution in [0.1, 0.15) is 26.0 Å². The molecule has 0 bridgehead atoms. The molecule has 0 radical (unpaired) electrons. The first-order valence-electron chi connectivity index (χ1n) is 10.9. The third-order valence-electron chi connectivity index (χ3n) is 5.40. The van der Waals surface area contributed by atoms with Crippen molar-refractivity contribution in [3.8, 4) is 22.6 Å². The largest absolute Gasteiger partial charge is 0.345 e. The van der Waals surface area contributed by atoms with Crippen LogP contribution in [0.15, 0.2) is 54.7 Å². The van der Waals surface area contributed by atoms with Crippen molar-refractivity contribution in [2.45, 2.75) is 20.1 Å². The number of hydrogen-bond acceptors (Lipinski definition) is 6. The minimum Gasteiger partial charge on any atom is -0.345 e. The van der Waals surface area contributed by atoms with Crippen LogP contribution in [0.3, 0.4) is 0 Å². The molecule has 0 unspecified atom stereocenters. The number of anilines is 2. The zero-order valence-corrected chi connectivity index (χ0v) is 19.0. The van der Waals surface area contributed by atoms with E-state index in [-0.39, 0.29) is 22.9 Å². The van der Waals surface area contributed by atoms with Crippen LogP contribution in [0.25, 0.3) is 22.6 Å². The lowest BCUT2D eigenvalue weighted by Crippen LogP contribution is -2.34. The van der Waals surface area contributed by atoms with Gasteiger partial charge in [-0.3, -0.25) is 0 Å². The molecule has 7 nitrogen and oxygen atoms in total. The number of imidazole rings is 1. The van der Waals surface area contributed by atoms with E-state index in [0.717, 1.165) is 12.1 Å². The van der Waals surface area contributed by atoms with E-state index >= 15 is 0 Å². The molecule has 0 saturated carbocycles. The monoisotopic (exact) mass is 481 g/mol. The van der Waals surface area contributed by atoms with Gasteiger partial charge in [-0.25, -0.2) is 28.1 Å². The summed E-state index contributed by atoms with van der Waals surface area (Å²) in [4.78, 5) is 16.6. The van der Waals surface area contributed by atoms with Crippen LogP contribution in [0.5, 0.6) is 0 Å². The Hall–Kier alpha value is -3.76. The molecular formula is C25H22F3N5O2. The van der Waals surface area contributed by atoms with E-state index in [2.05, 4.69) is 20.3 Å². The molecule has 0 amide bonds. The molecule has 0 atom stereocenters. The van der Waals surface area contributed by atoms with E-state index in [4.69, 9.17) is 14.5 Å². The quantitative estimate of drug-likeness (QED) is 0.377. The normalized spacial score (nSPS) is 15.8. The van der Waals surface area contributed by atoms with Gasteiger partial charge in [0.1, 0.15) is 5.82 Å². The predicted octanol–water partition coefficient (Wildman–Crippen LogP) is 5.77. The zero-order chi connectivity index (χ0) is 24.6. The van der Waals surface area contributed by atoms with Crippen molar-refractivity contribution in [3.05, 3.63) is 78.0 Å². The maximum absolute atomic E-state index is 13.6. The summed E-state index contributed by atoms with van der Waals surface area (Å²) in [6.45, 7) is 5.08. The molecule has 1 fully saturated rings. The summed E-state index contributed by atoms with van der Waals surface area (Å²) in [5.41, 5.74) is 2.37. The van der Waals surface area contributed by atoms with Gasteiger partial charge in [-0.05, 0) is 42.5 Å². The van der Waals surface area contributed by atoms with Crippen LogP contribution in [0.4, 0.5) is 24.8 Å². The number of nitrogens with zero attached hydrogens (tertiary/aromatic N) is 3. The Balaban J connectivity index is 1.51. The lowest BCUT2D eigenvalue weighted by atomic mass is 9.96. The third kappa shape index (κ3) is 5.03. The lowest BCUT2D eigenvalue weighted by Gasteiger charge is -2.33. The molecular weight excluding hydrogens is 459 g/mol. The molecule has 10 heteroatoms. The Morgan fingerprint density at radius 3 is 2.40 bits per heavy atom. The summed E-state index contributed by atoms with van der Waals surface area (Å²) in [7, 11) is 0. The van der Waals surface area contributed by atoms with Crippen LogP contribution in [0, 0.1) is 22.9 Å². The van der Waals surface area contributed by atoms with Gasteiger partial charge in [-0.1, -0.05) is 13.8 Å². The molecule has 35 heavy (non-hydrogen) atoms. The molecule has 3 heterocycles. The molecule has 5 rings (SSSR count). The van der Waals surface area contributed by atoms with Gasteiger partial charge >= 0.3 is 0 Å². The number of nitrogens with one attached hydrogen (secondary N) is 2. The van der Waals surface area contributed by atoms with E-state index in [1.165, 1.54) is 24.4 Å². The van der Waals surface area contributed by atoms with Crippen LogP contribution in [-0.4, -0.2) is 33.1 Å². The van der Waals surface area contributed by atoms with Crippen molar-refractivity contribution in [3.63, 3.8) is 0 Å². The molecule has 1 saturated heterocycles. The van der Waals surface area contributed by atoms with Gasteiger partial charge in [0.15, 0.2) is 17.5 Å². The maximum atomic E-state index is 13.6. The minimum absolute atomic E-state index is 0.112. The second-order valence-corrected chi connectivity index (χ2v) is 8.99. The lowest BCUT2D eigenvalue weighted by molar-refractivity contribution is -0.229. The fourth-order valence-electron chi connectivity index (χ4n) is 3.62. The van der Waals surface area contributed by atoms with Gasteiger partial charge < -0.3 is 19.8 Å². The number of H-pyrrole nitrogens is 1. The predicted molar refractivity (Wildman–Crippen MR) is 123 cm³/mol. The Morgan fingerprint density at radius 1 is 0.943 bits per heavy atom. The van der Waals surface area contributed by atoms with E-state index < -0.39 is 17.9 Å². The van der Waals surface area contributed by atoms with Crippen molar-refractivity contribution in [1.29, 1.82) is 0 Å². The Kier molecular flexibility index (Phi) is 6.00. The van der Waals surface area contributed by atoms with Gasteiger partial charge in [-0.2, -0.15) is 0 Å². The fourth-order valence-corrected chi connectivity index (χ4v) is 3.62. The number of benzene rings is 2. The van der Waals surface area contributed by atoms with Crippen molar-refractivity contribution < 1.29 is 22.6 Å². The average molecular weight is 481 g/mol. The van der Waals surface area contributed by atoms with Crippen molar-refractivity contribution in [2.75, 3.05) is 18.5 Å². The van der Waals surface area contributed by atoms with E-state index in [1.54, 1.807) is 18.2 Å². The number of ether oxygens (including phenoxy) is 2. The summed E-state index contributed by atoms with van der Waals surface area (Å²) >= 11 is 0. The standard InChI is InChI=1S/C25H22F3N5O2/c1-25(2)12-34-23(35-13-25)22-32-20(14-3-5-15(26)6-4-14)21(33-22)19-9-10-29-24(31-19)30-16-7-8-17(27)18(28)11-16/h3-11,23H,12-13H2,1-2H3,(H,32,33)(H,29,30,31). The Morgan fingerprint density at radius 2 is 1.69 bits per heavy atom. The highest BCUT2D eigenvalue weighted by molar-refractivity contribution is 5.77. The zero-order valence-electron chi connectivity index (χ0n) is 19.0. The number of rotatable bonds is 5.